The minimum absolute atomic E-state index is 0.0426. The second-order valence-corrected chi connectivity index (χ2v) is 8.62. The zero-order valence-electron chi connectivity index (χ0n) is 11.4. The molecule has 4 fully saturated rings. The standard InChI is InChI=1S/C15H21BrO2/c1-9-7-11-14-8-10(9)17-13(14,4)5-6-15(16,18-11)12(14,2)3/h10-11H,1,5-8H2,2-4H3/t10-,11-,13-,14+,15+/m1/s1. The summed E-state index contributed by atoms with van der Waals surface area (Å²) in [6.45, 7) is 11.2. The van der Waals surface area contributed by atoms with Crippen LogP contribution in [0.3, 0.4) is 0 Å². The molecule has 4 aliphatic rings. The van der Waals surface area contributed by atoms with Crippen molar-refractivity contribution < 1.29 is 9.47 Å². The third-order valence-corrected chi connectivity index (χ3v) is 8.18. The van der Waals surface area contributed by atoms with Gasteiger partial charge in [-0.05, 0) is 38.2 Å². The maximum Gasteiger partial charge on any atom is 0.129 e. The molecule has 100 valence electrons. The molecule has 5 atom stereocenters. The monoisotopic (exact) mass is 312 g/mol. The largest absolute Gasteiger partial charge is 0.367 e. The first-order chi connectivity index (χ1) is 8.26. The molecule has 2 heterocycles. The fourth-order valence-corrected chi connectivity index (χ4v) is 6.21. The van der Waals surface area contributed by atoms with Crippen molar-refractivity contribution in [3.05, 3.63) is 12.2 Å². The molecule has 2 saturated carbocycles. The lowest BCUT2D eigenvalue weighted by atomic mass is 9.48. The van der Waals surface area contributed by atoms with E-state index < -0.39 is 0 Å². The van der Waals surface area contributed by atoms with Gasteiger partial charge in [0.05, 0.1) is 17.8 Å². The van der Waals surface area contributed by atoms with Crippen molar-refractivity contribution in [3.8, 4) is 0 Å². The minimum Gasteiger partial charge on any atom is -0.367 e. The lowest BCUT2D eigenvalue weighted by molar-refractivity contribution is -0.129. The summed E-state index contributed by atoms with van der Waals surface area (Å²) in [6.07, 6.45) is 4.70. The van der Waals surface area contributed by atoms with E-state index in [0.717, 1.165) is 25.7 Å². The molecule has 3 heteroatoms. The SMILES string of the molecule is C=C1C[C@H]2O[C@@]3(Br)CC[C@@]4(C)O[C@@H]1C[C@@]24C3(C)C. The zero-order chi connectivity index (χ0) is 13.0. The van der Waals surface area contributed by atoms with Crippen molar-refractivity contribution >= 4 is 15.9 Å². The van der Waals surface area contributed by atoms with Gasteiger partial charge in [0.25, 0.3) is 0 Å². The molecule has 0 aromatic heterocycles. The Balaban J connectivity index is 1.98. The van der Waals surface area contributed by atoms with Crippen LogP contribution in [0.2, 0.25) is 0 Å². The van der Waals surface area contributed by atoms with E-state index in [1.807, 2.05) is 0 Å². The summed E-state index contributed by atoms with van der Waals surface area (Å²) in [5, 5.41) is 0. The summed E-state index contributed by atoms with van der Waals surface area (Å²) in [5.41, 5.74) is 1.44. The molecule has 18 heavy (non-hydrogen) atoms. The van der Waals surface area contributed by atoms with Crippen molar-refractivity contribution in [1.82, 2.24) is 0 Å². The zero-order valence-corrected chi connectivity index (χ0v) is 13.0. The number of ether oxygens (including phenoxy) is 2. The predicted octanol–water partition coefficient (Wildman–Crippen LogP) is 3.79. The van der Waals surface area contributed by atoms with Crippen molar-refractivity contribution in [2.24, 2.45) is 10.8 Å². The number of alkyl halides is 1. The highest BCUT2D eigenvalue weighted by Gasteiger charge is 2.80. The average Bonchev–Trinajstić information content (AvgIpc) is 2.61. The number of rotatable bonds is 0. The first-order valence-electron chi connectivity index (χ1n) is 6.98. The maximum atomic E-state index is 6.49. The van der Waals surface area contributed by atoms with Crippen LogP contribution in [0.25, 0.3) is 0 Å². The van der Waals surface area contributed by atoms with Gasteiger partial charge in [-0.3, -0.25) is 0 Å². The van der Waals surface area contributed by atoms with Gasteiger partial charge in [0, 0.05) is 10.8 Å². The van der Waals surface area contributed by atoms with Gasteiger partial charge in [0.2, 0.25) is 0 Å². The normalized spacial score (nSPS) is 60.1. The van der Waals surface area contributed by atoms with E-state index in [2.05, 4.69) is 43.3 Å². The van der Waals surface area contributed by atoms with Crippen LogP contribution in [0.15, 0.2) is 12.2 Å². The molecule has 2 aliphatic heterocycles. The first-order valence-corrected chi connectivity index (χ1v) is 7.77. The van der Waals surface area contributed by atoms with Crippen molar-refractivity contribution in [2.75, 3.05) is 0 Å². The van der Waals surface area contributed by atoms with E-state index in [0.29, 0.717) is 0 Å². The van der Waals surface area contributed by atoms with E-state index >= 15 is 0 Å². The van der Waals surface area contributed by atoms with E-state index in [9.17, 15) is 0 Å². The third kappa shape index (κ3) is 0.928. The van der Waals surface area contributed by atoms with Crippen molar-refractivity contribution in [2.45, 2.75) is 68.8 Å². The molecule has 0 aromatic carbocycles. The molecule has 2 nitrogen and oxygen atoms in total. The highest BCUT2D eigenvalue weighted by Crippen LogP contribution is 2.77. The Labute approximate surface area is 117 Å². The molecule has 0 radical (unpaired) electrons. The Hall–Kier alpha value is 0.140. The summed E-state index contributed by atoms with van der Waals surface area (Å²) >= 11 is 3.93. The Morgan fingerprint density at radius 3 is 2.67 bits per heavy atom. The summed E-state index contributed by atoms with van der Waals surface area (Å²) in [5.74, 6) is 0. The Bertz CT molecular complexity index is 459. The molecule has 2 aliphatic carbocycles. The maximum absolute atomic E-state index is 6.49. The Morgan fingerprint density at radius 1 is 1.22 bits per heavy atom. The van der Waals surface area contributed by atoms with Gasteiger partial charge < -0.3 is 9.47 Å². The van der Waals surface area contributed by atoms with Gasteiger partial charge in [-0.25, -0.2) is 0 Å². The summed E-state index contributed by atoms with van der Waals surface area (Å²) < 4.78 is 12.8. The van der Waals surface area contributed by atoms with Crippen LogP contribution < -0.4 is 0 Å². The van der Waals surface area contributed by atoms with Crippen LogP contribution in [-0.2, 0) is 9.47 Å². The first kappa shape index (κ1) is 11.9. The van der Waals surface area contributed by atoms with Gasteiger partial charge >= 0.3 is 0 Å². The fraction of sp³-hybridized carbons (Fsp3) is 0.867. The molecule has 4 rings (SSSR count). The molecular weight excluding hydrogens is 292 g/mol. The van der Waals surface area contributed by atoms with Gasteiger partial charge in [-0.2, -0.15) is 0 Å². The van der Waals surface area contributed by atoms with E-state index in [4.69, 9.17) is 9.47 Å². The van der Waals surface area contributed by atoms with Crippen molar-refractivity contribution in [3.63, 3.8) is 0 Å². The van der Waals surface area contributed by atoms with Crippen LogP contribution in [-0.4, -0.2) is 22.3 Å². The minimum atomic E-state index is -0.174. The summed E-state index contributed by atoms with van der Waals surface area (Å²) in [4.78, 5) is 0. The number of hydrogen-bond donors (Lipinski definition) is 0. The Kier molecular flexibility index (Phi) is 1.93. The molecule has 1 spiro atoms. The third-order valence-electron chi connectivity index (χ3n) is 6.61. The van der Waals surface area contributed by atoms with Gasteiger partial charge in [0.15, 0.2) is 0 Å². The molecule has 0 aromatic rings. The van der Waals surface area contributed by atoms with Crippen LogP contribution in [0.5, 0.6) is 0 Å². The predicted molar refractivity (Wildman–Crippen MR) is 73.6 cm³/mol. The highest BCUT2D eigenvalue weighted by atomic mass is 79.9. The quantitative estimate of drug-likeness (QED) is 0.500. The second kappa shape index (κ2) is 2.91. The molecular formula is C15H21BrO2. The van der Waals surface area contributed by atoms with E-state index in [1.54, 1.807) is 0 Å². The second-order valence-electron chi connectivity index (χ2n) is 7.34. The lowest BCUT2D eigenvalue weighted by Gasteiger charge is -2.56. The Morgan fingerprint density at radius 2 is 1.94 bits per heavy atom. The van der Waals surface area contributed by atoms with Crippen LogP contribution in [0, 0.1) is 10.8 Å². The molecule has 0 amide bonds. The molecule has 3 bridgehead atoms. The topological polar surface area (TPSA) is 18.5 Å². The lowest BCUT2D eigenvalue weighted by Crippen LogP contribution is -2.60. The highest BCUT2D eigenvalue weighted by molar-refractivity contribution is 9.10. The van der Waals surface area contributed by atoms with Gasteiger partial charge in [0.1, 0.15) is 4.51 Å². The fourth-order valence-electron chi connectivity index (χ4n) is 5.43. The molecule has 0 N–H and O–H groups in total. The average molecular weight is 313 g/mol. The van der Waals surface area contributed by atoms with Crippen LogP contribution in [0.1, 0.15) is 46.5 Å². The van der Waals surface area contributed by atoms with E-state index in [-0.39, 0.29) is 33.1 Å². The smallest absolute Gasteiger partial charge is 0.129 e. The summed E-state index contributed by atoms with van der Waals surface area (Å²) in [6, 6.07) is 0. The van der Waals surface area contributed by atoms with Crippen LogP contribution in [0.4, 0.5) is 0 Å². The summed E-state index contributed by atoms with van der Waals surface area (Å²) in [7, 11) is 0. The van der Waals surface area contributed by atoms with Gasteiger partial charge in [-0.1, -0.05) is 36.4 Å². The van der Waals surface area contributed by atoms with Crippen molar-refractivity contribution in [1.29, 1.82) is 0 Å². The van der Waals surface area contributed by atoms with E-state index in [1.165, 1.54) is 5.57 Å². The number of halogens is 1. The number of fused-ring (bicyclic) bond motifs is 2. The molecule has 2 saturated heterocycles. The van der Waals surface area contributed by atoms with Crippen LogP contribution >= 0.6 is 15.9 Å². The van der Waals surface area contributed by atoms with Gasteiger partial charge in [-0.15, -0.1) is 0 Å². The number of hydrogen-bond acceptors (Lipinski definition) is 2. The molecule has 0 unspecified atom stereocenters.